The van der Waals surface area contributed by atoms with E-state index < -0.39 is 6.09 Å². The highest BCUT2D eigenvalue weighted by atomic mass is 16.5. The minimum absolute atomic E-state index is 0.0985. The standard InChI is InChI=1S/C31H38N2O3/c1-25(12-11-19-32-31(35)36-24-28-17-9-4-10-18-28)23-33-30(34)22-29(20-26-13-5-2-6-14-26)21-27-15-7-3-8-16-27/h2-10,13-18,25,29H,11-12,19-24H2,1H3,(H,32,35)(H,33,34)/t25-/m0/s1. The molecular weight excluding hydrogens is 448 g/mol. The van der Waals surface area contributed by atoms with E-state index in [2.05, 4.69) is 66.1 Å². The molecule has 0 saturated heterocycles. The zero-order valence-corrected chi connectivity index (χ0v) is 21.2. The summed E-state index contributed by atoms with van der Waals surface area (Å²) >= 11 is 0. The second kappa shape index (κ2) is 15.4. The lowest BCUT2D eigenvalue weighted by molar-refractivity contribution is -0.122. The molecule has 5 nitrogen and oxygen atoms in total. The topological polar surface area (TPSA) is 67.4 Å². The fraction of sp³-hybridized carbons (Fsp3) is 0.355. The first-order valence-electron chi connectivity index (χ1n) is 12.9. The highest BCUT2D eigenvalue weighted by Gasteiger charge is 2.16. The number of alkyl carbamates (subject to hydrolysis) is 1. The van der Waals surface area contributed by atoms with Gasteiger partial charge in [-0.1, -0.05) is 97.9 Å². The Kier molecular flexibility index (Phi) is 11.6. The summed E-state index contributed by atoms with van der Waals surface area (Å²) in [4.78, 5) is 24.6. The molecule has 190 valence electrons. The van der Waals surface area contributed by atoms with Gasteiger partial charge in [-0.2, -0.15) is 0 Å². The molecule has 0 spiro atoms. The van der Waals surface area contributed by atoms with Gasteiger partial charge in [-0.25, -0.2) is 4.79 Å². The Hall–Kier alpha value is -3.60. The lowest BCUT2D eigenvalue weighted by Crippen LogP contribution is -2.31. The van der Waals surface area contributed by atoms with Gasteiger partial charge >= 0.3 is 6.09 Å². The molecule has 0 unspecified atom stereocenters. The van der Waals surface area contributed by atoms with E-state index in [-0.39, 0.29) is 18.4 Å². The average molecular weight is 487 g/mol. The van der Waals surface area contributed by atoms with Gasteiger partial charge in [0.1, 0.15) is 6.61 Å². The van der Waals surface area contributed by atoms with E-state index in [0.29, 0.717) is 25.4 Å². The van der Waals surface area contributed by atoms with Gasteiger partial charge in [-0.3, -0.25) is 4.79 Å². The van der Waals surface area contributed by atoms with E-state index in [1.165, 1.54) is 11.1 Å². The van der Waals surface area contributed by atoms with Crippen LogP contribution in [0.5, 0.6) is 0 Å². The SMILES string of the molecule is C[C@@H](CCCNC(=O)OCc1ccccc1)CNC(=O)CC(Cc1ccccc1)Cc1ccccc1. The molecule has 3 aromatic rings. The van der Waals surface area contributed by atoms with Crippen molar-refractivity contribution in [2.45, 2.75) is 45.6 Å². The molecular formula is C31H38N2O3. The van der Waals surface area contributed by atoms with Crippen LogP contribution in [0.4, 0.5) is 4.79 Å². The maximum atomic E-state index is 12.8. The number of carbonyl (C=O) groups excluding carboxylic acids is 2. The number of nitrogens with one attached hydrogen (secondary N) is 2. The molecule has 0 radical (unpaired) electrons. The summed E-state index contributed by atoms with van der Waals surface area (Å²) < 4.78 is 5.23. The molecule has 0 aromatic heterocycles. The molecule has 3 aromatic carbocycles. The number of hydrogen-bond acceptors (Lipinski definition) is 3. The zero-order chi connectivity index (χ0) is 25.4. The fourth-order valence-electron chi connectivity index (χ4n) is 4.25. The molecule has 2 N–H and O–H groups in total. The lowest BCUT2D eigenvalue weighted by Gasteiger charge is -2.18. The van der Waals surface area contributed by atoms with Gasteiger partial charge in [0.25, 0.3) is 0 Å². The maximum absolute atomic E-state index is 12.8. The summed E-state index contributed by atoms with van der Waals surface area (Å²) in [5.41, 5.74) is 3.48. The fourth-order valence-corrected chi connectivity index (χ4v) is 4.25. The molecule has 0 aliphatic rings. The van der Waals surface area contributed by atoms with E-state index in [1.54, 1.807) is 0 Å². The quantitative estimate of drug-likeness (QED) is 0.277. The van der Waals surface area contributed by atoms with Crippen LogP contribution in [0.1, 0.15) is 42.9 Å². The van der Waals surface area contributed by atoms with Crippen LogP contribution in [0.2, 0.25) is 0 Å². The number of rotatable bonds is 14. The first kappa shape index (κ1) is 27.0. The van der Waals surface area contributed by atoms with Crippen molar-refractivity contribution < 1.29 is 14.3 Å². The molecule has 1 atom stereocenters. The summed E-state index contributed by atoms with van der Waals surface area (Å²) in [5, 5.41) is 5.92. The first-order valence-corrected chi connectivity index (χ1v) is 12.9. The van der Waals surface area contributed by atoms with Crippen LogP contribution < -0.4 is 10.6 Å². The van der Waals surface area contributed by atoms with E-state index in [0.717, 1.165) is 31.2 Å². The second-order valence-electron chi connectivity index (χ2n) is 9.49. The van der Waals surface area contributed by atoms with Crippen molar-refractivity contribution in [1.29, 1.82) is 0 Å². The number of ether oxygens (including phenoxy) is 1. The van der Waals surface area contributed by atoms with Crippen molar-refractivity contribution >= 4 is 12.0 Å². The van der Waals surface area contributed by atoms with E-state index in [4.69, 9.17) is 4.74 Å². The van der Waals surface area contributed by atoms with Crippen molar-refractivity contribution in [3.05, 3.63) is 108 Å². The van der Waals surface area contributed by atoms with Crippen LogP contribution in [0.15, 0.2) is 91.0 Å². The van der Waals surface area contributed by atoms with Crippen LogP contribution in [0, 0.1) is 11.8 Å². The van der Waals surface area contributed by atoms with Crippen molar-refractivity contribution in [2.75, 3.05) is 13.1 Å². The highest BCUT2D eigenvalue weighted by molar-refractivity contribution is 5.76. The molecule has 0 saturated carbocycles. The third-order valence-electron chi connectivity index (χ3n) is 6.21. The Morgan fingerprint density at radius 1 is 0.750 bits per heavy atom. The monoisotopic (exact) mass is 486 g/mol. The van der Waals surface area contributed by atoms with Crippen LogP contribution in [-0.4, -0.2) is 25.1 Å². The first-order chi connectivity index (χ1) is 17.6. The third-order valence-corrected chi connectivity index (χ3v) is 6.21. The van der Waals surface area contributed by atoms with Crippen LogP contribution in [0.25, 0.3) is 0 Å². The molecule has 2 amide bonds. The van der Waals surface area contributed by atoms with Gasteiger partial charge in [-0.05, 0) is 54.2 Å². The zero-order valence-electron chi connectivity index (χ0n) is 21.2. The highest BCUT2D eigenvalue weighted by Crippen LogP contribution is 2.18. The molecule has 0 fully saturated rings. The van der Waals surface area contributed by atoms with Crippen LogP contribution in [-0.2, 0) is 29.0 Å². The van der Waals surface area contributed by atoms with Crippen molar-refractivity contribution in [2.24, 2.45) is 11.8 Å². The second-order valence-corrected chi connectivity index (χ2v) is 9.49. The normalized spacial score (nSPS) is 11.6. The average Bonchev–Trinajstić information content (AvgIpc) is 2.90. The molecule has 0 heterocycles. The molecule has 3 rings (SSSR count). The Morgan fingerprint density at radius 2 is 1.28 bits per heavy atom. The molecule has 5 heteroatoms. The van der Waals surface area contributed by atoms with Crippen LogP contribution in [0.3, 0.4) is 0 Å². The predicted molar refractivity (Wildman–Crippen MR) is 144 cm³/mol. The van der Waals surface area contributed by atoms with E-state index in [9.17, 15) is 9.59 Å². The Bertz CT molecular complexity index is 984. The van der Waals surface area contributed by atoms with Gasteiger partial charge in [0.2, 0.25) is 5.91 Å². The van der Waals surface area contributed by atoms with Gasteiger partial charge in [0.15, 0.2) is 0 Å². The van der Waals surface area contributed by atoms with Crippen molar-refractivity contribution in [1.82, 2.24) is 10.6 Å². The number of carbonyl (C=O) groups is 2. The van der Waals surface area contributed by atoms with Gasteiger partial charge < -0.3 is 15.4 Å². The summed E-state index contributed by atoms with van der Waals surface area (Å²) in [6.45, 7) is 3.59. The lowest BCUT2D eigenvalue weighted by atomic mass is 9.89. The largest absolute Gasteiger partial charge is 0.445 e. The summed E-state index contributed by atoms with van der Waals surface area (Å²) in [6.07, 6.45) is 3.61. The third kappa shape index (κ3) is 10.8. The minimum atomic E-state index is -0.400. The van der Waals surface area contributed by atoms with Crippen molar-refractivity contribution in [3.63, 3.8) is 0 Å². The molecule has 0 bridgehead atoms. The van der Waals surface area contributed by atoms with Gasteiger partial charge in [0.05, 0.1) is 0 Å². The van der Waals surface area contributed by atoms with Crippen molar-refractivity contribution in [3.8, 4) is 0 Å². The summed E-state index contributed by atoms with van der Waals surface area (Å²) in [7, 11) is 0. The van der Waals surface area contributed by atoms with Crippen LogP contribution >= 0.6 is 0 Å². The summed E-state index contributed by atoms with van der Waals surface area (Å²) in [6, 6.07) is 30.4. The van der Waals surface area contributed by atoms with Gasteiger partial charge in [0, 0.05) is 19.5 Å². The Labute approximate surface area is 215 Å². The van der Waals surface area contributed by atoms with E-state index in [1.807, 2.05) is 42.5 Å². The molecule has 0 aliphatic carbocycles. The number of amides is 2. The maximum Gasteiger partial charge on any atom is 0.407 e. The number of benzene rings is 3. The van der Waals surface area contributed by atoms with Gasteiger partial charge in [-0.15, -0.1) is 0 Å². The smallest absolute Gasteiger partial charge is 0.407 e. The Balaban J connectivity index is 1.33. The van der Waals surface area contributed by atoms with E-state index >= 15 is 0 Å². The minimum Gasteiger partial charge on any atom is -0.445 e. The Morgan fingerprint density at radius 3 is 1.83 bits per heavy atom. The summed E-state index contributed by atoms with van der Waals surface area (Å²) in [5.74, 6) is 0.676. The molecule has 0 aliphatic heterocycles. The number of hydrogen-bond donors (Lipinski definition) is 2. The predicted octanol–water partition coefficient (Wildman–Crippen LogP) is 5.94. The molecule has 36 heavy (non-hydrogen) atoms.